The molecule has 1 N–H and O–H groups in total. The van der Waals surface area contributed by atoms with E-state index in [1.54, 1.807) is 19.1 Å². The van der Waals surface area contributed by atoms with Crippen LogP contribution in [0.3, 0.4) is 0 Å². The summed E-state index contributed by atoms with van der Waals surface area (Å²) >= 11 is 0. The van der Waals surface area contributed by atoms with Crippen molar-refractivity contribution in [2.75, 3.05) is 31.1 Å². The minimum atomic E-state index is -0.354. The topological polar surface area (TPSA) is 78.7 Å². The maximum atomic E-state index is 11.8. The standard InChI is InChI=1S/C15H20N4O3/c1-11-9-12(4-5-14(11)19(21)22)17-7-2-3-13(10-17)18-8-6-16-15(18)20/h4-5,9,13H,2-3,6-8,10H2,1H3,(H,16,20)/t13-/m1/s1. The Kier molecular flexibility index (Phi) is 3.87. The summed E-state index contributed by atoms with van der Waals surface area (Å²) in [7, 11) is 0. The summed E-state index contributed by atoms with van der Waals surface area (Å²) in [4.78, 5) is 26.5. The minimum absolute atomic E-state index is 0.0201. The molecule has 0 bridgehead atoms. The summed E-state index contributed by atoms with van der Waals surface area (Å²) in [5.74, 6) is 0. The quantitative estimate of drug-likeness (QED) is 0.683. The van der Waals surface area contributed by atoms with E-state index >= 15 is 0 Å². The lowest BCUT2D eigenvalue weighted by atomic mass is 10.0. The fourth-order valence-electron chi connectivity index (χ4n) is 3.32. The maximum absolute atomic E-state index is 11.8. The molecule has 2 saturated heterocycles. The molecule has 1 atom stereocenters. The molecule has 2 heterocycles. The first kappa shape index (κ1) is 14.6. The van der Waals surface area contributed by atoms with E-state index in [2.05, 4.69) is 10.2 Å². The first-order chi connectivity index (χ1) is 10.6. The van der Waals surface area contributed by atoms with Crippen molar-refractivity contribution < 1.29 is 9.72 Å². The number of nitro groups is 1. The summed E-state index contributed by atoms with van der Waals surface area (Å²) in [6.45, 7) is 4.94. The van der Waals surface area contributed by atoms with E-state index < -0.39 is 0 Å². The normalized spacial score (nSPS) is 21.9. The Balaban J connectivity index is 1.76. The molecule has 7 heteroatoms. The number of hydrogen-bond donors (Lipinski definition) is 1. The molecule has 2 aliphatic heterocycles. The molecule has 2 aliphatic rings. The van der Waals surface area contributed by atoms with E-state index in [0.717, 1.165) is 38.2 Å². The number of carbonyl (C=O) groups excluding carboxylic acids is 1. The average molecular weight is 304 g/mol. The second-order valence-electron chi connectivity index (χ2n) is 5.90. The highest BCUT2D eigenvalue weighted by atomic mass is 16.6. The Hall–Kier alpha value is -2.31. The van der Waals surface area contributed by atoms with Gasteiger partial charge in [-0.15, -0.1) is 0 Å². The van der Waals surface area contributed by atoms with Gasteiger partial charge in [0.15, 0.2) is 0 Å². The third kappa shape index (κ3) is 2.70. The lowest BCUT2D eigenvalue weighted by molar-refractivity contribution is -0.385. The number of rotatable bonds is 3. The van der Waals surface area contributed by atoms with Crippen molar-refractivity contribution in [3.8, 4) is 0 Å². The van der Waals surface area contributed by atoms with E-state index in [9.17, 15) is 14.9 Å². The Morgan fingerprint density at radius 3 is 2.82 bits per heavy atom. The monoisotopic (exact) mass is 304 g/mol. The first-order valence-electron chi connectivity index (χ1n) is 7.61. The summed E-state index contributed by atoms with van der Waals surface area (Å²) in [6, 6.07) is 5.47. The minimum Gasteiger partial charge on any atom is -0.369 e. The molecule has 0 saturated carbocycles. The summed E-state index contributed by atoms with van der Waals surface area (Å²) in [6.07, 6.45) is 2.03. The van der Waals surface area contributed by atoms with Crippen molar-refractivity contribution in [3.63, 3.8) is 0 Å². The summed E-state index contributed by atoms with van der Waals surface area (Å²) in [5.41, 5.74) is 1.81. The predicted octanol–water partition coefficient (Wildman–Crippen LogP) is 1.90. The Morgan fingerprint density at radius 1 is 1.36 bits per heavy atom. The number of carbonyl (C=O) groups is 1. The van der Waals surface area contributed by atoms with Crippen LogP contribution in [0.4, 0.5) is 16.2 Å². The van der Waals surface area contributed by atoms with Gasteiger partial charge in [-0.05, 0) is 31.9 Å². The zero-order valence-electron chi connectivity index (χ0n) is 12.6. The van der Waals surface area contributed by atoms with Crippen LogP contribution in [-0.2, 0) is 0 Å². The van der Waals surface area contributed by atoms with Gasteiger partial charge in [0, 0.05) is 43.5 Å². The van der Waals surface area contributed by atoms with Crippen molar-refractivity contribution >= 4 is 17.4 Å². The molecule has 1 aromatic carbocycles. The number of nitrogens with one attached hydrogen (secondary N) is 1. The van der Waals surface area contributed by atoms with Crippen LogP contribution in [0.2, 0.25) is 0 Å². The van der Waals surface area contributed by atoms with Crippen LogP contribution in [0.5, 0.6) is 0 Å². The molecule has 0 aliphatic carbocycles. The second-order valence-corrected chi connectivity index (χ2v) is 5.90. The number of hydrogen-bond acceptors (Lipinski definition) is 4. The van der Waals surface area contributed by atoms with E-state index in [1.807, 2.05) is 11.0 Å². The van der Waals surface area contributed by atoms with E-state index in [4.69, 9.17) is 0 Å². The van der Waals surface area contributed by atoms with Crippen molar-refractivity contribution in [1.29, 1.82) is 0 Å². The lowest BCUT2D eigenvalue weighted by Gasteiger charge is -2.38. The van der Waals surface area contributed by atoms with Gasteiger partial charge in [-0.3, -0.25) is 10.1 Å². The van der Waals surface area contributed by atoms with Gasteiger partial charge in [-0.2, -0.15) is 0 Å². The van der Waals surface area contributed by atoms with Gasteiger partial charge in [0.25, 0.3) is 5.69 Å². The Labute approximate surface area is 129 Å². The highest BCUT2D eigenvalue weighted by Crippen LogP contribution is 2.27. The van der Waals surface area contributed by atoms with Gasteiger partial charge < -0.3 is 15.1 Å². The molecule has 0 radical (unpaired) electrons. The van der Waals surface area contributed by atoms with Crippen LogP contribution in [0.15, 0.2) is 18.2 Å². The number of nitrogens with zero attached hydrogens (tertiary/aromatic N) is 3. The molecule has 1 aromatic rings. The third-order valence-corrected chi connectivity index (χ3v) is 4.47. The van der Waals surface area contributed by atoms with Crippen LogP contribution >= 0.6 is 0 Å². The summed E-state index contributed by atoms with van der Waals surface area (Å²) in [5, 5.41) is 13.8. The van der Waals surface area contributed by atoms with Crippen molar-refractivity contribution in [2.45, 2.75) is 25.8 Å². The molecule has 118 valence electrons. The number of amides is 2. The van der Waals surface area contributed by atoms with Gasteiger partial charge in [-0.1, -0.05) is 0 Å². The highest BCUT2D eigenvalue weighted by Gasteiger charge is 2.31. The smallest absolute Gasteiger partial charge is 0.317 e. The van der Waals surface area contributed by atoms with Crippen molar-refractivity contribution in [1.82, 2.24) is 10.2 Å². The number of anilines is 1. The van der Waals surface area contributed by atoms with Crippen molar-refractivity contribution in [3.05, 3.63) is 33.9 Å². The van der Waals surface area contributed by atoms with Crippen LogP contribution in [0, 0.1) is 17.0 Å². The molecular formula is C15H20N4O3. The molecule has 22 heavy (non-hydrogen) atoms. The molecule has 0 aromatic heterocycles. The number of nitro benzene ring substituents is 1. The maximum Gasteiger partial charge on any atom is 0.317 e. The predicted molar refractivity (Wildman–Crippen MR) is 83.2 cm³/mol. The molecule has 3 rings (SSSR count). The van der Waals surface area contributed by atoms with Gasteiger partial charge in [0.05, 0.1) is 11.0 Å². The second kappa shape index (κ2) is 5.82. The van der Waals surface area contributed by atoms with E-state index in [-0.39, 0.29) is 22.7 Å². The number of benzene rings is 1. The molecule has 2 fully saturated rings. The number of aryl methyl sites for hydroxylation is 1. The van der Waals surface area contributed by atoms with Gasteiger partial charge >= 0.3 is 6.03 Å². The van der Waals surface area contributed by atoms with Crippen LogP contribution in [0.1, 0.15) is 18.4 Å². The lowest BCUT2D eigenvalue weighted by Crippen LogP contribution is -2.49. The average Bonchev–Trinajstić information content (AvgIpc) is 2.93. The van der Waals surface area contributed by atoms with E-state index in [0.29, 0.717) is 12.1 Å². The Bertz CT molecular complexity index is 604. The van der Waals surface area contributed by atoms with Gasteiger partial charge in [0.1, 0.15) is 0 Å². The Morgan fingerprint density at radius 2 is 2.18 bits per heavy atom. The largest absolute Gasteiger partial charge is 0.369 e. The van der Waals surface area contributed by atoms with Crippen molar-refractivity contribution in [2.24, 2.45) is 0 Å². The summed E-state index contributed by atoms with van der Waals surface area (Å²) < 4.78 is 0. The zero-order chi connectivity index (χ0) is 15.7. The van der Waals surface area contributed by atoms with E-state index in [1.165, 1.54) is 0 Å². The molecule has 2 amide bonds. The number of urea groups is 1. The SMILES string of the molecule is Cc1cc(N2CCC[C@@H](N3CCNC3=O)C2)ccc1[N+](=O)[O-]. The molecule has 0 spiro atoms. The van der Waals surface area contributed by atoms with Crippen LogP contribution < -0.4 is 10.2 Å². The van der Waals surface area contributed by atoms with Gasteiger partial charge in [-0.25, -0.2) is 4.79 Å². The molecule has 7 nitrogen and oxygen atoms in total. The number of piperidine rings is 1. The van der Waals surface area contributed by atoms with Crippen LogP contribution in [0.25, 0.3) is 0 Å². The zero-order valence-corrected chi connectivity index (χ0v) is 12.6. The first-order valence-corrected chi connectivity index (χ1v) is 7.61. The fraction of sp³-hybridized carbons (Fsp3) is 0.533. The molecular weight excluding hydrogens is 284 g/mol. The van der Waals surface area contributed by atoms with Gasteiger partial charge in [0.2, 0.25) is 0 Å². The highest BCUT2D eigenvalue weighted by molar-refractivity contribution is 5.76. The molecule has 0 unspecified atom stereocenters. The van der Waals surface area contributed by atoms with Crippen LogP contribution in [-0.4, -0.2) is 48.1 Å². The third-order valence-electron chi connectivity index (χ3n) is 4.47. The fourth-order valence-corrected chi connectivity index (χ4v) is 3.32.